The Labute approximate surface area is 121 Å². The highest BCUT2D eigenvalue weighted by atomic mass is 79.9. The third-order valence-corrected chi connectivity index (χ3v) is 3.01. The van der Waals surface area contributed by atoms with Gasteiger partial charge in [0, 0.05) is 23.0 Å². The second kappa shape index (κ2) is 5.12. The lowest BCUT2D eigenvalue weighted by Crippen LogP contribution is -3.00. The summed E-state index contributed by atoms with van der Waals surface area (Å²) in [6.45, 7) is 2.07. The van der Waals surface area contributed by atoms with Gasteiger partial charge in [-0.3, -0.25) is 0 Å². The van der Waals surface area contributed by atoms with E-state index in [1.54, 1.807) is 0 Å². The summed E-state index contributed by atoms with van der Waals surface area (Å²) in [6.07, 6.45) is 4.05. The number of hydrogen-bond donors (Lipinski definition) is 0. The molecule has 0 aliphatic rings. The van der Waals surface area contributed by atoms with Crippen LogP contribution in [0.4, 0.5) is 0 Å². The molecule has 0 fully saturated rings. The summed E-state index contributed by atoms with van der Waals surface area (Å²) >= 11 is 5.87. The van der Waals surface area contributed by atoms with Gasteiger partial charge >= 0.3 is 0 Å². The number of nitrogens with zero attached hydrogens (tertiary/aromatic N) is 2. The van der Waals surface area contributed by atoms with Crippen LogP contribution in [0.1, 0.15) is 5.56 Å². The highest BCUT2D eigenvalue weighted by Gasteiger charge is 2.03. The van der Waals surface area contributed by atoms with Gasteiger partial charge in [0.1, 0.15) is 5.65 Å². The Balaban J connectivity index is 0.00000120. The zero-order valence-electron chi connectivity index (χ0n) is 9.77. The monoisotopic (exact) mass is 321 g/mol. The molecule has 0 amide bonds. The van der Waals surface area contributed by atoms with Gasteiger partial charge in [0.15, 0.2) is 0 Å². The maximum absolute atomic E-state index is 5.87. The summed E-state index contributed by atoms with van der Waals surface area (Å²) in [4.78, 5) is 4.59. The molecule has 2 heterocycles. The first kappa shape index (κ1) is 13.1. The fourth-order valence-corrected chi connectivity index (χ4v) is 1.97. The minimum absolute atomic E-state index is 0. The molecule has 0 unspecified atom stereocenters. The van der Waals surface area contributed by atoms with Crippen LogP contribution in [-0.4, -0.2) is 9.38 Å². The van der Waals surface area contributed by atoms with E-state index in [1.165, 1.54) is 5.56 Å². The van der Waals surface area contributed by atoms with Gasteiger partial charge in [-0.25, -0.2) is 4.98 Å². The normalized spacial score (nSPS) is 10.3. The van der Waals surface area contributed by atoms with Crippen molar-refractivity contribution in [2.45, 2.75) is 6.92 Å². The smallest absolute Gasteiger partial charge is 0.137 e. The van der Waals surface area contributed by atoms with Crippen molar-refractivity contribution in [1.82, 2.24) is 9.38 Å². The molecule has 0 saturated carbocycles. The molecule has 18 heavy (non-hydrogen) atoms. The average molecular weight is 323 g/mol. The number of fused-ring (bicyclic) bond motifs is 1. The average Bonchev–Trinajstić information content (AvgIpc) is 2.72. The summed E-state index contributed by atoms with van der Waals surface area (Å²) in [5.41, 5.74) is 4.23. The van der Waals surface area contributed by atoms with Gasteiger partial charge in [-0.15, -0.1) is 0 Å². The van der Waals surface area contributed by atoms with Crippen molar-refractivity contribution in [2.24, 2.45) is 0 Å². The first-order valence-electron chi connectivity index (χ1n) is 5.44. The molecule has 92 valence electrons. The van der Waals surface area contributed by atoms with Crippen LogP contribution < -0.4 is 17.0 Å². The van der Waals surface area contributed by atoms with E-state index in [9.17, 15) is 0 Å². The number of aryl methyl sites for hydroxylation is 1. The molecular formula is C14H11BrClN2-. The summed E-state index contributed by atoms with van der Waals surface area (Å²) in [5, 5.41) is 0.744. The van der Waals surface area contributed by atoms with Crippen molar-refractivity contribution in [3.8, 4) is 11.3 Å². The molecule has 4 heteroatoms. The van der Waals surface area contributed by atoms with E-state index in [2.05, 4.69) is 24.0 Å². The highest BCUT2D eigenvalue weighted by Crippen LogP contribution is 2.21. The second-order valence-corrected chi connectivity index (χ2v) is 4.54. The summed E-state index contributed by atoms with van der Waals surface area (Å²) in [6, 6.07) is 11.9. The molecule has 0 saturated heterocycles. The number of hydrogen-bond acceptors (Lipinski definition) is 1. The lowest BCUT2D eigenvalue weighted by atomic mass is 10.2. The third-order valence-electron chi connectivity index (χ3n) is 2.76. The molecule has 0 atom stereocenters. The van der Waals surface area contributed by atoms with Crippen molar-refractivity contribution in [1.29, 1.82) is 0 Å². The van der Waals surface area contributed by atoms with Gasteiger partial charge < -0.3 is 21.4 Å². The van der Waals surface area contributed by atoms with Crippen LogP contribution in [0.2, 0.25) is 5.02 Å². The van der Waals surface area contributed by atoms with Crippen LogP contribution in [-0.2, 0) is 0 Å². The number of benzene rings is 1. The fraction of sp³-hybridized carbons (Fsp3) is 0.0714. The summed E-state index contributed by atoms with van der Waals surface area (Å²) < 4.78 is 2.02. The number of pyridine rings is 1. The Morgan fingerprint density at radius 3 is 2.56 bits per heavy atom. The number of aromatic nitrogens is 2. The Bertz CT molecular complexity index is 674. The molecule has 2 aromatic heterocycles. The lowest BCUT2D eigenvalue weighted by molar-refractivity contribution is -0.00000344. The topological polar surface area (TPSA) is 17.3 Å². The van der Waals surface area contributed by atoms with E-state index < -0.39 is 0 Å². The van der Waals surface area contributed by atoms with Crippen LogP contribution >= 0.6 is 11.6 Å². The predicted molar refractivity (Wildman–Crippen MR) is 70.4 cm³/mol. The Hall–Kier alpha value is -1.32. The maximum Gasteiger partial charge on any atom is 0.137 e. The molecule has 0 radical (unpaired) electrons. The van der Waals surface area contributed by atoms with Crippen LogP contribution in [0.25, 0.3) is 16.9 Å². The van der Waals surface area contributed by atoms with Crippen molar-refractivity contribution >= 4 is 17.2 Å². The Morgan fingerprint density at radius 2 is 1.83 bits per heavy atom. The molecule has 0 bridgehead atoms. The van der Waals surface area contributed by atoms with Crippen molar-refractivity contribution in [3.05, 3.63) is 59.4 Å². The van der Waals surface area contributed by atoms with Crippen molar-refractivity contribution in [3.63, 3.8) is 0 Å². The molecule has 2 nitrogen and oxygen atoms in total. The van der Waals surface area contributed by atoms with E-state index in [0.29, 0.717) is 0 Å². The lowest BCUT2D eigenvalue weighted by Gasteiger charge is -1.94. The van der Waals surface area contributed by atoms with Gasteiger partial charge in [0.25, 0.3) is 0 Å². The highest BCUT2D eigenvalue weighted by molar-refractivity contribution is 6.30. The molecule has 0 aliphatic heterocycles. The molecule has 1 aromatic carbocycles. The molecule has 3 rings (SSSR count). The van der Waals surface area contributed by atoms with Crippen LogP contribution in [0.3, 0.4) is 0 Å². The zero-order valence-corrected chi connectivity index (χ0v) is 12.1. The third kappa shape index (κ3) is 2.42. The fourth-order valence-electron chi connectivity index (χ4n) is 1.84. The van der Waals surface area contributed by atoms with E-state index in [4.69, 9.17) is 11.6 Å². The predicted octanol–water partition coefficient (Wildman–Crippen LogP) is 0.967. The first-order chi connectivity index (χ1) is 8.22. The number of halogens is 2. The summed E-state index contributed by atoms with van der Waals surface area (Å²) in [7, 11) is 0. The number of rotatable bonds is 1. The quantitative estimate of drug-likeness (QED) is 0.652. The Kier molecular flexibility index (Phi) is 3.73. The zero-order chi connectivity index (χ0) is 11.8. The molecule has 3 aromatic rings. The van der Waals surface area contributed by atoms with Crippen LogP contribution in [0.5, 0.6) is 0 Å². The maximum atomic E-state index is 5.87. The first-order valence-corrected chi connectivity index (χ1v) is 5.81. The molecule has 0 aliphatic carbocycles. The minimum Gasteiger partial charge on any atom is -1.00 e. The SMILES string of the molecule is Cc1ccn2cc(-c3ccc(Cl)cc3)nc2c1.[Br-]. The largest absolute Gasteiger partial charge is 1.00 e. The van der Waals surface area contributed by atoms with Gasteiger partial charge in [-0.05, 0) is 36.8 Å². The summed E-state index contributed by atoms with van der Waals surface area (Å²) in [5.74, 6) is 0. The van der Waals surface area contributed by atoms with Crippen molar-refractivity contribution in [2.75, 3.05) is 0 Å². The standard InChI is InChI=1S/C14H11ClN2.BrH/c1-10-6-7-17-9-13(16-14(17)8-10)11-2-4-12(15)5-3-11;/h2-9H,1H3;1H/p-1. The number of imidazole rings is 1. The molecule has 0 spiro atoms. The van der Waals surface area contributed by atoms with Crippen molar-refractivity contribution < 1.29 is 17.0 Å². The van der Waals surface area contributed by atoms with Gasteiger partial charge in [-0.2, -0.15) is 0 Å². The van der Waals surface area contributed by atoms with E-state index >= 15 is 0 Å². The van der Waals surface area contributed by atoms with Crippen LogP contribution in [0, 0.1) is 6.92 Å². The Morgan fingerprint density at radius 1 is 1.11 bits per heavy atom. The van der Waals surface area contributed by atoms with E-state index in [-0.39, 0.29) is 17.0 Å². The van der Waals surface area contributed by atoms with E-state index in [0.717, 1.165) is 21.9 Å². The minimum atomic E-state index is 0. The van der Waals surface area contributed by atoms with Crippen LogP contribution in [0.15, 0.2) is 48.8 Å². The molecular weight excluding hydrogens is 312 g/mol. The van der Waals surface area contributed by atoms with E-state index in [1.807, 2.05) is 41.1 Å². The van der Waals surface area contributed by atoms with Gasteiger partial charge in [-0.1, -0.05) is 23.7 Å². The van der Waals surface area contributed by atoms with Gasteiger partial charge in [0.05, 0.1) is 5.69 Å². The molecule has 0 N–H and O–H groups in total. The van der Waals surface area contributed by atoms with Gasteiger partial charge in [0.2, 0.25) is 0 Å². The second-order valence-electron chi connectivity index (χ2n) is 4.10.